The largest absolute Gasteiger partial charge is 0.871 e. The molecule has 0 spiro atoms. The second-order valence-electron chi connectivity index (χ2n) is 4.07. The summed E-state index contributed by atoms with van der Waals surface area (Å²) in [7, 11) is -3.72. The minimum atomic E-state index is -3.72. The molecule has 3 nitrogen and oxygen atoms in total. The summed E-state index contributed by atoms with van der Waals surface area (Å²) in [6.07, 6.45) is 0. The molecule has 0 N–H and O–H groups in total. The van der Waals surface area contributed by atoms with Gasteiger partial charge < -0.3 is 5.11 Å². The van der Waals surface area contributed by atoms with Crippen LogP contribution in [-0.2, 0) is 9.84 Å². The standard InChI is InChI=1S/C15H14O3S/c1-12(15(16)13-8-4-2-5-9-13)19(17,18)14-10-6-3-7-11-14/h2-11,16H,1H3/p-1/b15-12-. The summed E-state index contributed by atoms with van der Waals surface area (Å²) in [5.74, 6) is -0.468. The number of sulfone groups is 1. The van der Waals surface area contributed by atoms with Gasteiger partial charge in [-0.15, -0.1) is 0 Å². The lowest BCUT2D eigenvalue weighted by Gasteiger charge is -2.17. The summed E-state index contributed by atoms with van der Waals surface area (Å²) in [4.78, 5) is -0.0262. The lowest BCUT2D eigenvalue weighted by molar-refractivity contribution is -0.244. The molecule has 0 saturated carbocycles. The Morgan fingerprint density at radius 3 is 1.89 bits per heavy atom. The normalized spacial score (nSPS) is 12.9. The SMILES string of the molecule is C/C(=C(/[O-])c1ccccc1)S(=O)(=O)c1ccccc1. The van der Waals surface area contributed by atoms with Crippen LogP contribution in [-0.4, -0.2) is 8.42 Å². The highest BCUT2D eigenvalue weighted by Crippen LogP contribution is 2.23. The highest BCUT2D eigenvalue weighted by molar-refractivity contribution is 7.95. The second-order valence-corrected chi connectivity index (χ2v) is 6.16. The van der Waals surface area contributed by atoms with Crippen molar-refractivity contribution in [1.82, 2.24) is 0 Å². The van der Waals surface area contributed by atoms with Crippen LogP contribution in [0.5, 0.6) is 0 Å². The topological polar surface area (TPSA) is 57.2 Å². The van der Waals surface area contributed by atoms with Crippen molar-refractivity contribution in [3.05, 3.63) is 71.1 Å². The van der Waals surface area contributed by atoms with E-state index in [-0.39, 0.29) is 9.80 Å². The first-order chi connectivity index (χ1) is 9.03. The van der Waals surface area contributed by atoms with Crippen LogP contribution in [0, 0.1) is 0 Å². The molecular weight excluding hydrogens is 260 g/mol. The molecule has 0 aliphatic carbocycles. The fourth-order valence-corrected chi connectivity index (χ4v) is 2.92. The van der Waals surface area contributed by atoms with Gasteiger partial charge in [0.25, 0.3) is 0 Å². The molecule has 0 bridgehead atoms. The molecule has 98 valence electrons. The summed E-state index contributed by atoms with van der Waals surface area (Å²) < 4.78 is 24.6. The van der Waals surface area contributed by atoms with E-state index in [1.54, 1.807) is 48.5 Å². The van der Waals surface area contributed by atoms with Gasteiger partial charge in [0.1, 0.15) is 0 Å². The Balaban J connectivity index is 2.53. The molecular formula is C15H13O3S-. The van der Waals surface area contributed by atoms with Crippen LogP contribution >= 0.6 is 0 Å². The first kappa shape index (κ1) is 13.4. The van der Waals surface area contributed by atoms with Crippen molar-refractivity contribution in [1.29, 1.82) is 0 Å². The molecule has 0 fully saturated rings. The third kappa shape index (κ3) is 2.69. The zero-order valence-corrected chi connectivity index (χ0v) is 11.2. The van der Waals surface area contributed by atoms with Crippen LogP contribution in [0.25, 0.3) is 5.76 Å². The summed E-state index contributed by atoms with van der Waals surface area (Å²) >= 11 is 0. The van der Waals surface area contributed by atoms with E-state index in [0.717, 1.165) is 0 Å². The summed E-state index contributed by atoms with van der Waals surface area (Å²) in [6.45, 7) is 1.34. The van der Waals surface area contributed by atoms with Gasteiger partial charge in [-0.3, -0.25) is 0 Å². The van der Waals surface area contributed by atoms with Crippen molar-refractivity contribution in [2.24, 2.45) is 0 Å². The molecule has 0 heterocycles. The van der Waals surface area contributed by atoms with Gasteiger partial charge >= 0.3 is 0 Å². The van der Waals surface area contributed by atoms with Crippen LogP contribution in [0.1, 0.15) is 12.5 Å². The zero-order chi connectivity index (χ0) is 13.9. The van der Waals surface area contributed by atoms with Gasteiger partial charge in [-0.2, -0.15) is 0 Å². The number of rotatable bonds is 3. The van der Waals surface area contributed by atoms with Gasteiger partial charge in [-0.1, -0.05) is 54.3 Å². The van der Waals surface area contributed by atoms with Gasteiger partial charge in [0.15, 0.2) is 0 Å². The lowest BCUT2D eigenvalue weighted by atomic mass is 10.2. The summed E-state index contributed by atoms with van der Waals surface area (Å²) in [5, 5.41) is 12.1. The van der Waals surface area contributed by atoms with Crippen molar-refractivity contribution in [2.75, 3.05) is 0 Å². The molecule has 19 heavy (non-hydrogen) atoms. The summed E-state index contributed by atoms with van der Waals surface area (Å²) in [6, 6.07) is 16.4. The van der Waals surface area contributed by atoms with Crippen LogP contribution < -0.4 is 5.11 Å². The average molecular weight is 273 g/mol. The predicted molar refractivity (Wildman–Crippen MR) is 72.7 cm³/mol. The Labute approximate surface area is 112 Å². The third-order valence-electron chi connectivity index (χ3n) is 2.81. The van der Waals surface area contributed by atoms with Crippen LogP contribution in [0.3, 0.4) is 0 Å². The monoisotopic (exact) mass is 273 g/mol. The fraction of sp³-hybridized carbons (Fsp3) is 0.0667. The smallest absolute Gasteiger partial charge is 0.201 e. The molecule has 0 aliphatic heterocycles. The van der Waals surface area contributed by atoms with Crippen molar-refractivity contribution in [3.63, 3.8) is 0 Å². The number of benzene rings is 2. The quantitative estimate of drug-likeness (QED) is 0.806. The molecule has 0 unspecified atom stereocenters. The van der Waals surface area contributed by atoms with E-state index in [4.69, 9.17) is 0 Å². The van der Waals surface area contributed by atoms with Crippen molar-refractivity contribution < 1.29 is 13.5 Å². The molecule has 0 amide bonds. The van der Waals surface area contributed by atoms with E-state index >= 15 is 0 Å². The van der Waals surface area contributed by atoms with Gasteiger partial charge in [0.05, 0.1) is 4.90 Å². The van der Waals surface area contributed by atoms with Crippen LogP contribution in [0.15, 0.2) is 70.5 Å². The Hall–Kier alpha value is -2.07. The zero-order valence-electron chi connectivity index (χ0n) is 10.4. The maximum atomic E-state index is 12.3. The first-order valence-electron chi connectivity index (χ1n) is 5.77. The van der Waals surface area contributed by atoms with Gasteiger partial charge in [0, 0.05) is 4.91 Å². The van der Waals surface area contributed by atoms with Crippen molar-refractivity contribution >= 4 is 15.6 Å². The highest BCUT2D eigenvalue weighted by atomic mass is 32.2. The first-order valence-corrected chi connectivity index (χ1v) is 7.25. The molecule has 0 radical (unpaired) electrons. The van der Waals surface area contributed by atoms with E-state index < -0.39 is 15.6 Å². The molecule has 2 aromatic carbocycles. The van der Waals surface area contributed by atoms with Crippen LogP contribution in [0.4, 0.5) is 0 Å². The number of allylic oxidation sites excluding steroid dienone is 1. The average Bonchev–Trinajstić information content (AvgIpc) is 2.47. The minimum Gasteiger partial charge on any atom is -0.871 e. The van der Waals surface area contributed by atoms with E-state index in [2.05, 4.69) is 0 Å². The lowest BCUT2D eigenvalue weighted by Crippen LogP contribution is -2.12. The number of hydrogen-bond acceptors (Lipinski definition) is 3. The maximum absolute atomic E-state index is 12.3. The minimum absolute atomic E-state index is 0.136. The maximum Gasteiger partial charge on any atom is 0.201 e. The van der Waals surface area contributed by atoms with Crippen molar-refractivity contribution in [2.45, 2.75) is 11.8 Å². The Morgan fingerprint density at radius 2 is 1.37 bits per heavy atom. The molecule has 0 atom stereocenters. The van der Waals surface area contributed by atoms with E-state index in [1.807, 2.05) is 0 Å². The Kier molecular flexibility index (Phi) is 3.71. The van der Waals surface area contributed by atoms with Gasteiger partial charge in [0.2, 0.25) is 9.84 Å². The predicted octanol–water partition coefficient (Wildman–Crippen LogP) is 2.21. The van der Waals surface area contributed by atoms with Crippen LogP contribution in [0.2, 0.25) is 0 Å². The molecule has 2 aromatic rings. The Morgan fingerprint density at radius 1 is 0.895 bits per heavy atom. The molecule has 0 saturated heterocycles. The second kappa shape index (κ2) is 5.28. The molecule has 2 rings (SSSR count). The molecule has 0 aromatic heterocycles. The van der Waals surface area contributed by atoms with Gasteiger partial charge in [-0.05, 0) is 24.6 Å². The highest BCUT2D eigenvalue weighted by Gasteiger charge is 2.17. The molecule has 0 aliphatic rings. The van der Waals surface area contributed by atoms with Crippen molar-refractivity contribution in [3.8, 4) is 0 Å². The van der Waals surface area contributed by atoms with E-state index in [0.29, 0.717) is 5.56 Å². The Bertz CT molecular complexity index is 687. The summed E-state index contributed by atoms with van der Waals surface area (Å²) in [5.41, 5.74) is 0.375. The number of hydrogen-bond donors (Lipinski definition) is 0. The van der Waals surface area contributed by atoms with Gasteiger partial charge in [-0.25, -0.2) is 8.42 Å². The molecule has 4 heteroatoms. The van der Waals surface area contributed by atoms with E-state index in [9.17, 15) is 13.5 Å². The fourth-order valence-electron chi connectivity index (χ4n) is 1.69. The van der Waals surface area contributed by atoms with E-state index in [1.165, 1.54) is 19.1 Å². The third-order valence-corrected chi connectivity index (χ3v) is 4.70.